The molecule has 1 rings (SSSR count). The minimum absolute atomic E-state index is 0.398. The first-order valence-corrected chi connectivity index (χ1v) is 4.41. The second-order valence-corrected chi connectivity index (χ2v) is 2.73. The molecule has 0 saturated heterocycles. The molecule has 0 atom stereocenters. The Morgan fingerprint density at radius 2 is 2.20 bits per heavy atom. The van der Waals surface area contributed by atoms with Gasteiger partial charge in [-0.05, 0) is 12.1 Å². The largest absolute Gasteiger partial charge is 0.497 e. The fourth-order valence-corrected chi connectivity index (χ4v) is 0.987. The molecule has 0 bridgehead atoms. The number of anilines is 1. The lowest BCUT2D eigenvalue weighted by Gasteiger charge is -2.03. The molecule has 0 aliphatic rings. The molecule has 1 N–H and O–H groups in total. The predicted molar refractivity (Wildman–Crippen MR) is 57.8 cm³/mol. The first-order chi connectivity index (χ1) is 7.26. The van der Waals surface area contributed by atoms with Crippen LogP contribution >= 0.6 is 0 Å². The summed E-state index contributed by atoms with van der Waals surface area (Å²) in [6.07, 6.45) is 2.82. The Labute approximate surface area is 88.5 Å². The standard InChI is InChI=1S/C11H13NO3/c1-14-10-5-3-4-9(8-10)12-7-6-11(13)15-2/h3-8,12H,1-2H3/b7-6+. The van der Waals surface area contributed by atoms with Gasteiger partial charge in [-0.1, -0.05) is 6.07 Å². The number of hydrogen-bond acceptors (Lipinski definition) is 4. The van der Waals surface area contributed by atoms with Crippen molar-refractivity contribution in [3.63, 3.8) is 0 Å². The van der Waals surface area contributed by atoms with Gasteiger partial charge in [-0.2, -0.15) is 0 Å². The fraction of sp³-hybridized carbons (Fsp3) is 0.182. The summed E-state index contributed by atoms with van der Waals surface area (Å²) in [5.74, 6) is 0.358. The van der Waals surface area contributed by atoms with E-state index >= 15 is 0 Å². The van der Waals surface area contributed by atoms with E-state index < -0.39 is 5.97 Å². The van der Waals surface area contributed by atoms with Crippen LogP contribution in [0.1, 0.15) is 0 Å². The minimum atomic E-state index is -0.398. The van der Waals surface area contributed by atoms with Gasteiger partial charge in [-0.25, -0.2) is 4.79 Å². The smallest absolute Gasteiger partial charge is 0.331 e. The van der Waals surface area contributed by atoms with E-state index in [-0.39, 0.29) is 0 Å². The summed E-state index contributed by atoms with van der Waals surface area (Å²) < 4.78 is 9.49. The molecule has 4 nitrogen and oxygen atoms in total. The van der Waals surface area contributed by atoms with Gasteiger partial charge in [0.2, 0.25) is 0 Å². The quantitative estimate of drug-likeness (QED) is 0.604. The lowest BCUT2D eigenvalue weighted by molar-refractivity contribution is -0.134. The van der Waals surface area contributed by atoms with Crippen molar-refractivity contribution in [2.75, 3.05) is 19.5 Å². The molecule has 0 heterocycles. The van der Waals surface area contributed by atoms with Crippen LogP contribution in [0.25, 0.3) is 0 Å². The third-order valence-corrected chi connectivity index (χ3v) is 1.74. The van der Waals surface area contributed by atoms with Crippen molar-refractivity contribution in [2.24, 2.45) is 0 Å². The highest BCUT2D eigenvalue weighted by Crippen LogP contribution is 2.16. The van der Waals surface area contributed by atoms with Crippen molar-refractivity contribution >= 4 is 11.7 Å². The van der Waals surface area contributed by atoms with Crippen molar-refractivity contribution in [3.8, 4) is 5.75 Å². The molecule has 0 aliphatic heterocycles. The van der Waals surface area contributed by atoms with Gasteiger partial charge in [0.05, 0.1) is 14.2 Å². The minimum Gasteiger partial charge on any atom is -0.497 e. The number of carbonyl (C=O) groups excluding carboxylic acids is 1. The molecule has 80 valence electrons. The van der Waals surface area contributed by atoms with Crippen LogP contribution in [0.15, 0.2) is 36.5 Å². The number of esters is 1. The highest BCUT2D eigenvalue weighted by molar-refractivity contribution is 5.82. The molecule has 1 aromatic carbocycles. The second kappa shape index (κ2) is 5.70. The molecule has 4 heteroatoms. The van der Waals surface area contributed by atoms with E-state index in [1.165, 1.54) is 19.4 Å². The molecule has 1 aromatic rings. The van der Waals surface area contributed by atoms with E-state index in [1.807, 2.05) is 24.3 Å². The summed E-state index contributed by atoms with van der Waals surface area (Å²) >= 11 is 0. The van der Waals surface area contributed by atoms with Gasteiger partial charge in [-0.15, -0.1) is 0 Å². The van der Waals surface area contributed by atoms with Crippen LogP contribution in [0.5, 0.6) is 5.75 Å². The van der Waals surface area contributed by atoms with E-state index in [1.54, 1.807) is 7.11 Å². The van der Waals surface area contributed by atoms with E-state index in [4.69, 9.17) is 4.74 Å². The predicted octanol–water partition coefficient (Wildman–Crippen LogP) is 1.79. The highest BCUT2D eigenvalue weighted by Gasteiger charge is 1.93. The summed E-state index contributed by atoms with van der Waals surface area (Å²) in [6, 6.07) is 7.38. The lowest BCUT2D eigenvalue weighted by Crippen LogP contribution is -1.96. The number of benzene rings is 1. The first-order valence-electron chi connectivity index (χ1n) is 4.41. The van der Waals surface area contributed by atoms with Crippen molar-refractivity contribution in [2.45, 2.75) is 0 Å². The number of hydrogen-bond donors (Lipinski definition) is 1. The third kappa shape index (κ3) is 3.72. The van der Waals surface area contributed by atoms with Gasteiger partial charge >= 0.3 is 5.97 Å². The van der Waals surface area contributed by atoms with E-state index in [2.05, 4.69) is 10.1 Å². The summed E-state index contributed by atoms with van der Waals surface area (Å²) in [5.41, 5.74) is 0.842. The van der Waals surface area contributed by atoms with Crippen LogP contribution in [0.4, 0.5) is 5.69 Å². The lowest BCUT2D eigenvalue weighted by atomic mass is 10.3. The van der Waals surface area contributed by atoms with Crippen LogP contribution in [-0.2, 0) is 9.53 Å². The Hall–Kier alpha value is -1.97. The molecule has 0 fully saturated rings. The molecule has 15 heavy (non-hydrogen) atoms. The summed E-state index contributed by atoms with van der Waals surface area (Å²) in [7, 11) is 2.93. The van der Waals surface area contributed by atoms with Crippen molar-refractivity contribution in [1.29, 1.82) is 0 Å². The van der Waals surface area contributed by atoms with Crippen LogP contribution in [-0.4, -0.2) is 20.2 Å². The zero-order chi connectivity index (χ0) is 11.1. The second-order valence-electron chi connectivity index (χ2n) is 2.73. The van der Waals surface area contributed by atoms with E-state index in [9.17, 15) is 4.79 Å². The van der Waals surface area contributed by atoms with Crippen LogP contribution in [0.3, 0.4) is 0 Å². The van der Waals surface area contributed by atoms with Gasteiger partial charge in [-0.3, -0.25) is 0 Å². The third-order valence-electron chi connectivity index (χ3n) is 1.74. The molecule has 0 aliphatic carbocycles. The SMILES string of the molecule is COC(=O)/C=C/Nc1cccc(OC)c1. The maximum atomic E-state index is 10.8. The number of rotatable bonds is 4. The highest BCUT2D eigenvalue weighted by atomic mass is 16.5. The summed E-state index contributed by atoms with van der Waals surface area (Å²) in [5, 5.41) is 2.92. The first kappa shape index (κ1) is 11.1. The molecular weight excluding hydrogens is 194 g/mol. The summed E-state index contributed by atoms with van der Waals surface area (Å²) in [6.45, 7) is 0. The topological polar surface area (TPSA) is 47.6 Å². The fourth-order valence-electron chi connectivity index (χ4n) is 0.987. The monoisotopic (exact) mass is 207 g/mol. The zero-order valence-corrected chi connectivity index (χ0v) is 8.69. The van der Waals surface area contributed by atoms with Crippen LogP contribution < -0.4 is 10.1 Å². The van der Waals surface area contributed by atoms with Crippen LogP contribution in [0, 0.1) is 0 Å². The van der Waals surface area contributed by atoms with E-state index in [0.29, 0.717) is 0 Å². The maximum Gasteiger partial charge on any atom is 0.331 e. The molecule has 0 radical (unpaired) electrons. The Kier molecular flexibility index (Phi) is 4.22. The Bertz CT molecular complexity index is 361. The van der Waals surface area contributed by atoms with Gasteiger partial charge in [0.25, 0.3) is 0 Å². The van der Waals surface area contributed by atoms with Gasteiger partial charge in [0.1, 0.15) is 5.75 Å². The zero-order valence-electron chi connectivity index (χ0n) is 8.69. The molecule has 0 amide bonds. The van der Waals surface area contributed by atoms with Crippen LogP contribution in [0.2, 0.25) is 0 Å². The van der Waals surface area contributed by atoms with Gasteiger partial charge in [0.15, 0.2) is 0 Å². The van der Waals surface area contributed by atoms with Crippen molar-refractivity contribution < 1.29 is 14.3 Å². The number of nitrogens with one attached hydrogen (secondary N) is 1. The molecular formula is C11H13NO3. The Morgan fingerprint density at radius 1 is 1.40 bits per heavy atom. The Morgan fingerprint density at radius 3 is 2.87 bits per heavy atom. The normalized spacial score (nSPS) is 10.0. The van der Waals surface area contributed by atoms with Crippen molar-refractivity contribution in [3.05, 3.63) is 36.5 Å². The maximum absolute atomic E-state index is 10.8. The Balaban J connectivity index is 2.57. The van der Waals surface area contributed by atoms with E-state index in [0.717, 1.165) is 11.4 Å². The number of carbonyl (C=O) groups is 1. The number of ether oxygens (including phenoxy) is 2. The molecule has 0 saturated carbocycles. The van der Waals surface area contributed by atoms with Gasteiger partial charge in [0, 0.05) is 24.0 Å². The summed E-state index contributed by atoms with van der Waals surface area (Å²) in [4.78, 5) is 10.8. The van der Waals surface area contributed by atoms with Crippen molar-refractivity contribution in [1.82, 2.24) is 0 Å². The molecule has 0 unspecified atom stereocenters. The van der Waals surface area contributed by atoms with Gasteiger partial charge < -0.3 is 14.8 Å². The number of methoxy groups -OCH3 is 2. The average molecular weight is 207 g/mol. The molecule has 0 spiro atoms. The average Bonchev–Trinajstić information content (AvgIpc) is 2.29. The molecule has 0 aromatic heterocycles.